The monoisotopic (exact) mass is 419 g/mol. The number of aryl methyl sites for hydroxylation is 1. The van der Waals surface area contributed by atoms with Gasteiger partial charge in [-0.25, -0.2) is 4.98 Å². The van der Waals surface area contributed by atoms with Crippen LogP contribution in [0.2, 0.25) is 0 Å². The molecular formula is C24H29N5O2. The third kappa shape index (κ3) is 3.58. The van der Waals surface area contributed by atoms with Crippen LogP contribution in [-0.4, -0.2) is 59.5 Å². The van der Waals surface area contributed by atoms with E-state index in [4.69, 9.17) is 9.72 Å². The number of fused-ring (bicyclic) bond motifs is 2. The second-order valence-electron chi connectivity index (χ2n) is 8.49. The summed E-state index contributed by atoms with van der Waals surface area (Å²) in [5, 5.41) is 3.48. The van der Waals surface area contributed by atoms with Gasteiger partial charge in [-0.05, 0) is 63.7 Å². The van der Waals surface area contributed by atoms with Crippen LogP contribution in [0.25, 0.3) is 16.9 Å². The van der Waals surface area contributed by atoms with E-state index in [-0.39, 0.29) is 5.91 Å². The van der Waals surface area contributed by atoms with Gasteiger partial charge in [0.25, 0.3) is 5.91 Å². The number of ether oxygens (including phenoxy) is 1. The second-order valence-corrected chi connectivity index (χ2v) is 8.49. The Balaban J connectivity index is 1.61. The summed E-state index contributed by atoms with van der Waals surface area (Å²) in [7, 11) is 1.81. The van der Waals surface area contributed by atoms with Crippen LogP contribution in [-0.2, 0) is 11.3 Å². The molecule has 1 aromatic carbocycles. The molecule has 0 bridgehead atoms. The van der Waals surface area contributed by atoms with Gasteiger partial charge in [-0.1, -0.05) is 6.07 Å². The Labute approximate surface area is 182 Å². The maximum atomic E-state index is 12.5. The van der Waals surface area contributed by atoms with Crippen molar-refractivity contribution in [2.75, 3.05) is 38.1 Å². The van der Waals surface area contributed by atoms with Crippen molar-refractivity contribution in [3.63, 3.8) is 0 Å². The van der Waals surface area contributed by atoms with Gasteiger partial charge in [0.05, 0.1) is 17.1 Å². The molecule has 4 heterocycles. The summed E-state index contributed by atoms with van der Waals surface area (Å²) < 4.78 is 8.08. The molecule has 1 fully saturated rings. The van der Waals surface area contributed by atoms with Gasteiger partial charge in [-0.2, -0.15) is 0 Å². The van der Waals surface area contributed by atoms with Gasteiger partial charge in [0, 0.05) is 37.9 Å². The van der Waals surface area contributed by atoms with Crippen LogP contribution < -0.4 is 15.0 Å². The van der Waals surface area contributed by atoms with Crippen molar-refractivity contribution in [1.29, 1.82) is 0 Å². The maximum absolute atomic E-state index is 12.5. The number of hydrogen-bond donors (Lipinski definition) is 1. The molecule has 1 N–H and O–H groups in total. The molecule has 1 saturated heterocycles. The van der Waals surface area contributed by atoms with Gasteiger partial charge in [0.1, 0.15) is 11.4 Å². The highest BCUT2D eigenvalue weighted by Gasteiger charge is 2.29. The van der Waals surface area contributed by atoms with Crippen molar-refractivity contribution in [3.05, 3.63) is 47.8 Å². The number of nitrogens with zero attached hydrogens (tertiary/aromatic N) is 4. The Morgan fingerprint density at radius 1 is 1.19 bits per heavy atom. The van der Waals surface area contributed by atoms with E-state index >= 15 is 0 Å². The van der Waals surface area contributed by atoms with Gasteiger partial charge in [0.2, 0.25) is 0 Å². The largest absolute Gasteiger partial charge is 0.479 e. The zero-order valence-corrected chi connectivity index (χ0v) is 18.4. The van der Waals surface area contributed by atoms with Crippen LogP contribution in [0.15, 0.2) is 36.4 Å². The minimum atomic E-state index is -0.464. The Morgan fingerprint density at radius 2 is 2.06 bits per heavy atom. The highest BCUT2D eigenvalue weighted by molar-refractivity contribution is 6.00. The fraction of sp³-hybridized carbons (Fsp3) is 0.417. The summed E-state index contributed by atoms with van der Waals surface area (Å²) in [5.74, 6) is 0.700. The minimum Gasteiger partial charge on any atom is -0.479 e. The third-order valence-electron chi connectivity index (χ3n) is 6.32. The molecule has 0 spiro atoms. The molecule has 162 valence electrons. The molecule has 2 aliphatic heterocycles. The van der Waals surface area contributed by atoms with Crippen molar-refractivity contribution >= 4 is 17.2 Å². The quantitative estimate of drug-likeness (QED) is 0.707. The van der Waals surface area contributed by atoms with Crippen molar-refractivity contribution in [1.82, 2.24) is 19.6 Å². The number of rotatable bonds is 3. The number of hydrogen-bond acceptors (Lipinski definition) is 5. The predicted molar refractivity (Wildman–Crippen MR) is 122 cm³/mol. The Morgan fingerprint density at radius 3 is 2.94 bits per heavy atom. The number of likely N-dealkylation sites (N-methyl/N-ethyl adjacent to an activating group) is 1. The molecule has 3 aromatic rings. The molecule has 2 aromatic heterocycles. The number of pyridine rings is 1. The molecule has 0 saturated carbocycles. The third-order valence-corrected chi connectivity index (χ3v) is 6.32. The highest BCUT2D eigenvalue weighted by atomic mass is 16.5. The molecular weight excluding hydrogens is 390 g/mol. The molecule has 1 atom stereocenters. The van der Waals surface area contributed by atoms with Gasteiger partial charge in [-0.3, -0.25) is 14.1 Å². The summed E-state index contributed by atoms with van der Waals surface area (Å²) in [6.45, 7) is 8.91. The molecule has 0 aliphatic carbocycles. The maximum Gasteiger partial charge on any atom is 0.267 e. The van der Waals surface area contributed by atoms with Crippen LogP contribution in [0.3, 0.4) is 0 Å². The number of benzene rings is 1. The SMILES string of the molecule is Cc1cccc2nc(-c3ccc4c(c3)N(C)C(=O)C(C)O4)c(CN3CCCNCC3)n12. The zero-order chi connectivity index (χ0) is 21.5. The van der Waals surface area contributed by atoms with Gasteiger partial charge in [-0.15, -0.1) is 0 Å². The lowest BCUT2D eigenvalue weighted by atomic mass is 10.1. The van der Waals surface area contributed by atoms with E-state index in [0.29, 0.717) is 0 Å². The van der Waals surface area contributed by atoms with Crippen LogP contribution in [0.4, 0.5) is 5.69 Å². The van der Waals surface area contributed by atoms with Crippen molar-refractivity contribution < 1.29 is 9.53 Å². The van der Waals surface area contributed by atoms with Gasteiger partial charge < -0.3 is 15.0 Å². The van der Waals surface area contributed by atoms with E-state index in [1.807, 2.05) is 19.2 Å². The molecule has 31 heavy (non-hydrogen) atoms. The van der Waals surface area contributed by atoms with Crippen LogP contribution in [0, 0.1) is 6.92 Å². The first-order chi connectivity index (χ1) is 15.0. The Kier molecular flexibility index (Phi) is 5.16. The summed E-state index contributed by atoms with van der Waals surface area (Å²) in [6.07, 6.45) is 0.681. The van der Waals surface area contributed by atoms with E-state index in [1.54, 1.807) is 11.8 Å². The van der Waals surface area contributed by atoms with E-state index in [9.17, 15) is 4.79 Å². The first kappa shape index (κ1) is 20.0. The topological polar surface area (TPSA) is 62.1 Å². The average Bonchev–Trinajstić information content (AvgIpc) is 2.94. The Bertz CT molecular complexity index is 1130. The summed E-state index contributed by atoms with van der Waals surface area (Å²) in [5.41, 5.74) is 6.07. The number of imidazole rings is 1. The zero-order valence-electron chi connectivity index (χ0n) is 18.4. The normalized spacial score (nSPS) is 19.9. The van der Waals surface area contributed by atoms with Gasteiger partial charge >= 0.3 is 0 Å². The summed E-state index contributed by atoms with van der Waals surface area (Å²) in [6, 6.07) is 12.3. The molecule has 1 amide bonds. The van der Waals surface area contributed by atoms with Crippen LogP contribution in [0.1, 0.15) is 24.7 Å². The van der Waals surface area contributed by atoms with Crippen LogP contribution in [0.5, 0.6) is 5.75 Å². The van der Waals surface area contributed by atoms with Crippen molar-refractivity contribution in [2.24, 2.45) is 0 Å². The number of carbonyl (C=O) groups is 1. The average molecular weight is 420 g/mol. The number of carbonyl (C=O) groups excluding carboxylic acids is 1. The fourth-order valence-electron chi connectivity index (χ4n) is 4.63. The molecule has 2 aliphatic rings. The summed E-state index contributed by atoms with van der Waals surface area (Å²) in [4.78, 5) is 21.7. The fourth-order valence-corrected chi connectivity index (χ4v) is 4.63. The minimum absolute atomic E-state index is 0.0345. The number of anilines is 1. The number of aromatic nitrogens is 2. The van der Waals surface area contributed by atoms with E-state index in [0.717, 1.165) is 67.5 Å². The number of nitrogens with one attached hydrogen (secondary N) is 1. The molecule has 7 heteroatoms. The first-order valence-electron chi connectivity index (χ1n) is 11.0. The Hall–Kier alpha value is -2.90. The molecule has 1 unspecified atom stereocenters. The lowest BCUT2D eigenvalue weighted by Gasteiger charge is -2.30. The lowest BCUT2D eigenvalue weighted by molar-refractivity contribution is -0.125. The van der Waals surface area contributed by atoms with E-state index in [1.165, 1.54) is 11.4 Å². The standard InChI is InChI=1S/C24H29N5O2/c1-16-6-4-7-22-26-23(20(29(16)22)15-28-12-5-10-25-11-13-28)18-8-9-21-19(14-18)27(3)24(30)17(2)31-21/h4,6-9,14,17,25H,5,10-13,15H2,1-3H3. The van der Waals surface area contributed by atoms with Crippen molar-refractivity contribution in [3.8, 4) is 17.0 Å². The summed E-state index contributed by atoms with van der Waals surface area (Å²) >= 11 is 0. The predicted octanol–water partition coefficient (Wildman–Crippen LogP) is 2.85. The molecule has 7 nitrogen and oxygen atoms in total. The molecule has 5 rings (SSSR count). The lowest BCUT2D eigenvalue weighted by Crippen LogP contribution is -2.41. The van der Waals surface area contributed by atoms with Gasteiger partial charge in [0.15, 0.2) is 6.10 Å². The van der Waals surface area contributed by atoms with Crippen LogP contribution >= 0.6 is 0 Å². The number of amides is 1. The second kappa shape index (κ2) is 7.98. The molecule has 0 radical (unpaired) electrons. The van der Waals surface area contributed by atoms with Crippen molar-refractivity contribution in [2.45, 2.75) is 32.9 Å². The highest BCUT2D eigenvalue weighted by Crippen LogP contribution is 2.38. The van der Waals surface area contributed by atoms with E-state index < -0.39 is 6.10 Å². The first-order valence-corrected chi connectivity index (χ1v) is 11.0. The smallest absolute Gasteiger partial charge is 0.267 e. The van der Waals surface area contributed by atoms with E-state index in [2.05, 4.69) is 45.8 Å².